The molecule has 4 heteroatoms. The summed E-state index contributed by atoms with van der Waals surface area (Å²) in [4.78, 5) is 0. The minimum Gasteiger partial charge on any atom is -0.506 e. The van der Waals surface area contributed by atoms with Crippen LogP contribution in [0.25, 0.3) is 11.1 Å². The molecule has 0 aliphatic rings. The van der Waals surface area contributed by atoms with Crippen LogP contribution in [-0.4, -0.2) is 10.2 Å². The monoisotopic (exact) mass is 298 g/mol. The highest BCUT2D eigenvalue weighted by Gasteiger charge is 2.11. The van der Waals surface area contributed by atoms with Crippen molar-refractivity contribution in [3.8, 4) is 11.5 Å². The van der Waals surface area contributed by atoms with E-state index in [1.54, 1.807) is 24.3 Å². The second-order valence-electron chi connectivity index (χ2n) is 5.21. The van der Waals surface area contributed by atoms with Gasteiger partial charge in [0.2, 0.25) is 0 Å². The lowest BCUT2D eigenvalue weighted by Crippen LogP contribution is -1.95. The Morgan fingerprint density at radius 3 is 1.41 bits per heavy atom. The van der Waals surface area contributed by atoms with Crippen molar-refractivity contribution in [1.29, 1.82) is 0 Å². The Bertz CT molecular complexity index is 660. The zero-order valence-electron chi connectivity index (χ0n) is 12.9. The molecule has 0 aromatic heterocycles. The Kier molecular flexibility index (Phi) is 4.61. The van der Waals surface area contributed by atoms with E-state index in [9.17, 15) is 10.2 Å². The molecule has 0 fully saturated rings. The summed E-state index contributed by atoms with van der Waals surface area (Å²) in [6.07, 6.45) is 1.66. The van der Waals surface area contributed by atoms with Crippen LogP contribution in [0.1, 0.15) is 37.8 Å². The molecule has 22 heavy (non-hydrogen) atoms. The fourth-order valence-electron chi connectivity index (χ4n) is 2.67. The highest BCUT2D eigenvalue weighted by atomic mass is 16.3. The molecule has 0 bridgehead atoms. The van der Waals surface area contributed by atoms with Crippen LogP contribution in [-0.2, 0) is 0 Å². The quantitative estimate of drug-likeness (QED) is 0.390. The number of benzene rings is 2. The predicted molar refractivity (Wildman–Crippen MR) is 92.4 cm³/mol. The maximum Gasteiger partial charge on any atom is 0.138 e. The average molecular weight is 298 g/mol. The molecule has 2 aromatic rings. The maximum absolute atomic E-state index is 9.59. The van der Waals surface area contributed by atoms with E-state index >= 15 is 0 Å². The van der Waals surface area contributed by atoms with E-state index in [2.05, 4.69) is 13.8 Å². The van der Waals surface area contributed by atoms with Gasteiger partial charge in [0.05, 0.1) is 11.4 Å². The van der Waals surface area contributed by atoms with E-state index < -0.39 is 0 Å². The first-order valence-electron chi connectivity index (χ1n) is 7.37. The summed E-state index contributed by atoms with van der Waals surface area (Å²) < 4.78 is 0. The fraction of sp³-hybridized carbons (Fsp3) is 0.222. The van der Waals surface area contributed by atoms with Crippen LogP contribution in [0.4, 0.5) is 11.4 Å². The molecule has 0 spiro atoms. The highest BCUT2D eigenvalue weighted by Crippen LogP contribution is 2.35. The van der Waals surface area contributed by atoms with Gasteiger partial charge in [0.1, 0.15) is 11.5 Å². The number of phenols is 2. The number of nitrogen functional groups attached to an aromatic ring is 2. The molecule has 0 unspecified atom stereocenters. The SMILES string of the molecule is CCC(=C(CC)c1ccc(O)c(N)c1)c1ccc(O)c(N)c1. The first-order valence-corrected chi connectivity index (χ1v) is 7.37. The number of rotatable bonds is 4. The molecule has 0 heterocycles. The van der Waals surface area contributed by atoms with E-state index in [0.717, 1.165) is 35.1 Å². The van der Waals surface area contributed by atoms with Gasteiger partial charge < -0.3 is 21.7 Å². The van der Waals surface area contributed by atoms with Gasteiger partial charge in [-0.15, -0.1) is 0 Å². The molecule has 2 aromatic carbocycles. The van der Waals surface area contributed by atoms with Gasteiger partial charge in [0.25, 0.3) is 0 Å². The largest absolute Gasteiger partial charge is 0.506 e. The lowest BCUT2D eigenvalue weighted by molar-refractivity contribution is 0.477. The number of anilines is 2. The van der Waals surface area contributed by atoms with Crippen molar-refractivity contribution in [2.24, 2.45) is 0 Å². The molecular formula is C18H22N2O2. The Morgan fingerprint density at radius 1 is 0.773 bits per heavy atom. The second-order valence-corrected chi connectivity index (χ2v) is 5.21. The van der Waals surface area contributed by atoms with E-state index in [1.165, 1.54) is 0 Å². The van der Waals surface area contributed by atoms with Crippen molar-refractivity contribution < 1.29 is 10.2 Å². The Labute approximate surface area is 130 Å². The summed E-state index contributed by atoms with van der Waals surface area (Å²) in [6, 6.07) is 10.5. The van der Waals surface area contributed by atoms with Crippen LogP contribution in [0.3, 0.4) is 0 Å². The Hall–Kier alpha value is -2.62. The third kappa shape index (κ3) is 3.01. The molecule has 0 atom stereocenters. The summed E-state index contributed by atoms with van der Waals surface area (Å²) in [5.74, 6) is 0.178. The number of hydrogen-bond acceptors (Lipinski definition) is 4. The average Bonchev–Trinajstić information content (AvgIpc) is 2.50. The van der Waals surface area contributed by atoms with Gasteiger partial charge in [-0.2, -0.15) is 0 Å². The molecule has 0 aliphatic heterocycles. The molecular weight excluding hydrogens is 276 g/mol. The molecule has 0 aliphatic carbocycles. The van der Waals surface area contributed by atoms with Crippen LogP contribution in [0.5, 0.6) is 11.5 Å². The number of nitrogens with two attached hydrogens (primary N) is 2. The summed E-state index contributed by atoms with van der Waals surface area (Å²) >= 11 is 0. The minimum absolute atomic E-state index is 0.0890. The summed E-state index contributed by atoms with van der Waals surface area (Å²) in [5, 5.41) is 19.2. The maximum atomic E-state index is 9.59. The topological polar surface area (TPSA) is 92.5 Å². The van der Waals surface area contributed by atoms with E-state index in [4.69, 9.17) is 11.5 Å². The molecule has 116 valence electrons. The van der Waals surface area contributed by atoms with Gasteiger partial charge in [-0.1, -0.05) is 26.0 Å². The Balaban J connectivity index is 2.61. The standard InChI is InChI=1S/C18H22N2O2/c1-3-13(11-5-7-17(21)15(19)9-11)14(4-2)12-6-8-18(22)16(20)10-12/h5-10,21-22H,3-4,19-20H2,1-2H3. The zero-order valence-corrected chi connectivity index (χ0v) is 12.9. The van der Waals surface area contributed by atoms with Gasteiger partial charge in [-0.05, 0) is 59.4 Å². The summed E-state index contributed by atoms with van der Waals surface area (Å²) in [5.41, 5.74) is 16.6. The third-order valence-electron chi connectivity index (χ3n) is 3.82. The van der Waals surface area contributed by atoms with Crippen LogP contribution in [0.15, 0.2) is 36.4 Å². The zero-order chi connectivity index (χ0) is 16.3. The number of allylic oxidation sites excluding steroid dienone is 2. The van der Waals surface area contributed by atoms with E-state index in [1.807, 2.05) is 12.1 Å². The van der Waals surface area contributed by atoms with Gasteiger partial charge in [0.15, 0.2) is 0 Å². The number of hydrogen-bond donors (Lipinski definition) is 4. The third-order valence-corrected chi connectivity index (χ3v) is 3.82. The van der Waals surface area contributed by atoms with Crippen LogP contribution in [0, 0.1) is 0 Å². The van der Waals surface area contributed by atoms with Crippen LogP contribution in [0.2, 0.25) is 0 Å². The predicted octanol–water partition coefficient (Wildman–Crippen LogP) is 3.99. The molecule has 0 saturated carbocycles. The molecule has 6 N–H and O–H groups in total. The van der Waals surface area contributed by atoms with Gasteiger partial charge in [0, 0.05) is 0 Å². The first-order chi connectivity index (χ1) is 10.5. The lowest BCUT2D eigenvalue weighted by atomic mass is 9.90. The molecule has 0 amide bonds. The molecule has 0 saturated heterocycles. The van der Waals surface area contributed by atoms with Crippen molar-refractivity contribution in [2.75, 3.05) is 11.5 Å². The number of phenolic OH excluding ortho intramolecular Hbond substituents is 2. The van der Waals surface area contributed by atoms with Crippen molar-refractivity contribution >= 4 is 22.5 Å². The van der Waals surface area contributed by atoms with Gasteiger partial charge in [-0.3, -0.25) is 0 Å². The van der Waals surface area contributed by atoms with E-state index in [0.29, 0.717) is 11.4 Å². The molecule has 4 nitrogen and oxygen atoms in total. The smallest absolute Gasteiger partial charge is 0.138 e. The lowest BCUT2D eigenvalue weighted by Gasteiger charge is -2.15. The van der Waals surface area contributed by atoms with Crippen molar-refractivity contribution in [1.82, 2.24) is 0 Å². The highest BCUT2D eigenvalue weighted by molar-refractivity contribution is 5.92. The second kappa shape index (κ2) is 6.43. The van der Waals surface area contributed by atoms with Crippen molar-refractivity contribution in [3.63, 3.8) is 0 Å². The summed E-state index contributed by atoms with van der Waals surface area (Å²) in [7, 11) is 0. The van der Waals surface area contributed by atoms with Crippen LogP contribution < -0.4 is 11.5 Å². The van der Waals surface area contributed by atoms with Crippen molar-refractivity contribution in [3.05, 3.63) is 47.5 Å². The number of aromatic hydroxyl groups is 2. The molecule has 0 radical (unpaired) electrons. The van der Waals surface area contributed by atoms with Crippen molar-refractivity contribution in [2.45, 2.75) is 26.7 Å². The van der Waals surface area contributed by atoms with E-state index in [-0.39, 0.29) is 11.5 Å². The van der Waals surface area contributed by atoms with Crippen LogP contribution >= 0.6 is 0 Å². The Morgan fingerprint density at radius 2 is 1.14 bits per heavy atom. The fourth-order valence-corrected chi connectivity index (χ4v) is 2.67. The summed E-state index contributed by atoms with van der Waals surface area (Å²) in [6.45, 7) is 4.16. The van der Waals surface area contributed by atoms with Gasteiger partial charge in [-0.25, -0.2) is 0 Å². The minimum atomic E-state index is 0.0890. The normalized spacial score (nSPS) is 12.1. The van der Waals surface area contributed by atoms with Gasteiger partial charge >= 0.3 is 0 Å². The first kappa shape index (κ1) is 15.8. The molecule has 2 rings (SSSR count).